The fourth-order valence-electron chi connectivity index (χ4n) is 4.47. The minimum atomic E-state index is -4.70. The number of nitrogens with one attached hydrogen (secondary N) is 2. The van der Waals surface area contributed by atoms with Crippen molar-refractivity contribution in [1.29, 1.82) is 5.26 Å². The summed E-state index contributed by atoms with van der Waals surface area (Å²) in [5.74, 6) is -2.35. The number of hydrogen-bond acceptors (Lipinski definition) is 6. The van der Waals surface area contributed by atoms with Crippen LogP contribution in [0.25, 0.3) is 0 Å². The number of aldehydes is 1. The molecule has 0 saturated heterocycles. The van der Waals surface area contributed by atoms with Crippen molar-refractivity contribution in [2.24, 2.45) is 10.7 Å². The number of para-hydroxylation sites is 1. The summed E-state index contributed by atoms with van der Waals surface area (Å²) in [4.78, 5) is 32.7. The molecule has 8 nitrogen and oxygen atoms in total. The predicted molar refractivity (Wildman–Crippen MR) is 159 cm³/mol. The van der Waals surface area contributed by atoms with E-state index in [2.05, 4.69) is 10.6 Å². The van der Waals surface area contributed by atoms with E-state index in [1.165, 1.54) is 30.3 Å². The van der Waals surface area contributed by atoms with Gasteiger partial charge < -0.3 is 26.1 Å². The van der Waals surface area contributed by atoms with Crippen molar-refractivity contribution in [3.63, 3.8) is 0 Å². The van der Waals surface area contributed by atoms with Gasteiger partial charge in [-0.2, -0.15) is 18.4 Å². The van der Waals surface area contributed by atoms with Crippen LogP contribution < -0.4 is 16.4 Å². The summed E-state index contributed by atoms with van der Waals surface area (Å²) in [6.45, 7) is 3.88. The van der Waals surface area contributed by atoms with Crippen molar-refractivity contribution in [2.75, 3.05) is 13.6 Å². The summed E-state index contributed by atoms with van der Waals surface area (Å²) in [5.41, 5.74) is 6.54. The number of nitrogens with zero attached hydrogens (tertiary/aromatic N) is 3. The smallest absolute Gasteiger partial charge is 0.400 e. The number of alkyl halides is 3. The lowest BCUT2D eigenvalue weighted by atomic mass is 9.81. The third-order valence-corrected chi connectivity index (χ3v) is 6.92. The molecule has 0 aliphatic heterocycles. The van der Waals surface area contributed by atoms with Crippen LogP contribution in [0.15, 0.2) is 95.1 Å². The molecule has 44 heavy (non-hydrogen) atoms. The van der Waals surface area contributed by atoms with Gasteiger partial charge >= 0.3 is 6.18 Å². The van der Waals surface area contributed by atoms with Crippen LogP contribution in [0, 0.1) is 17.3 Å². The number of nitrogens with two attached hydrogens (primary N) is 1. The lowest BCUT2D eigenvalue weighted by Crippen LogP contribution is -2.45. The van der Waals surface area contributed by atoms with Crippen molar-refractivity contribution < 1.29 is 27.2 Å². The third-order valence-electron chi connectivity index (χ3n) is 6.92. The Kier molecular flexibility index (Phi) is 11.2. The molecule has 0 spiro atoms. The van der Waals surface area contributed by atoms with Crippen molar-refractivity contribution in [2.45, 2.75) is 38.0 Å². The van der Waals surface area contributed by atoms with Crippen LogP contribution in [-0.4, -0.2) is 48.6 Å². The SMILES string of the molecule is CCN(C)C(=Nc1ccccc1)/C(=C(\N)C(C)NC#N)C(c1ccc(F)cc1)C(C=O)NC(=O)c1cccc(C(F)(F)F)c1. The van der Waals surface area contributed by atoms with Gasteiger partial charge in [-0.15, -0.1) is 0 Å². The molecule has 230 valence electrons. The van der Waals surface area contributed by atoms with Crippen LogP contribution in [0.4, 0.5) is 23.2 Å². The number of hydrogen-bond donors (Lipinski definition) is 3. The van der Waals surface area contributed by atoms with Gasteiger partial charge in [-0.25, -0.2) is 9.38 Å². The highest BCUT2D eigenvalue weighted by Crippen LogP contribution is 2.34. The molecule has 0 fully saturated rings. The topological polar surface area (TPSA) is 124 Å². The van der Waals surface area contributed by atoms with Crippen LogP contribution in [0.3, 0.4) is 0 Å². The van der Waals surface area contributed by atoms with E-state index in [4.69, 9.17) is 10.7 Å². The number of rotatable bonds is 11. The molecule has 12 heteroatoms. The van der Waals surface area contributed by atoms with Crippen LogP contribution in [0.2, 0.25) is 0 Å². The van der Waals surface area contributed by atoms with Gasteiger partial charge in [0.15, 0.2) is 6.19 Å². The Hall–Kier alpha value is -5.18. The Morgan fingerprint density at radius 3 is 2.32 bits per heavy atom. The molecule has 1 amide bonds. The molecule has 3 atom stereocenters. The maximum absolute atomic E-state index is 14.1. The molecule has 3 rings (SSSR count). The molecular formula is C32H32F4N6O2. The predicted octanol–water partition coefficient (Wildman–Crippen LogP) is 5.28. The molecule has 0 aromatic heterocycles. The van der Waals surface area contributed by atoms with E-state index < -0.39 is 41.5 Å². The second kappa shape index (κ2) is 14.8. The first-order valence-corrected chi connectivity index (χ1v) is 13.6. The summed E-state index contributed by atoms with van der Waals surface area (Å²) in [5, 5.41) is 14.5. The minimum absolute atomic E-state index is 0.0935. The fraction of sp³-hybridized carbons (Fsp3) is 0.250. The Balaban J connectivity index is 2.30. The van der Waals surface area contributed by atoms with E-state index in [0.29, 0.717) is 30.1 Å². The Morgan fingerprint density at radius 1 is 1.09 bits per heavy atom. The van der Waals surface area contributed by atoms with Gasteiger partial charge in [-0.05, 0) is 61.9 Å². The zero-order chi connectivity index (χ0) is 32.4. The minimum Gasteiger partial charge on any atom is -0.400 e. The summed E-state index contributed by atoms with van der Waals surface area (Å²) in [6.07, 6.45) is -2.43. The number of nitriles is 1. The maximum Gasteiger partial charge on any atom is 0.416 e. The summed E-state index contributed by atoms with van der Waals surface area (Å²) in [6, 6.07) is 15.6. The molecule has 0 aliphatic rings. The summed E-state index contributed by atoms with van der Waals surface area (Å²) in [7, 11) is 1.73. The number of aliphatic imine (C=N–C) groups is 1. The van der Waals surface area contributed by atoms with Crippen LogP contribution >= 0.6 is 0 Å². The monoisotopic (exact) mass is 608 g/mol. The second-order valence-corrected chi connectivity index (χ2v) is 9.88. The average Bonchev–Trinajstić information content (AvgIpc) is 3.02. The van der Waals surface area contributed by atoms with Gasteiger partial charge in [0, 0.05) is 36.3 Å². The first-order chi connectivity index (χ1) is 20.9. The van der Waals surface area contributed by atoms with E-state index in [-0.39, 0.29) is 22.7 Å². The number of amidine groups is 1. The highest BCUT2D eigenvalue weighted by molar-refractivity contribution is 6.03. The Morgan fingerprint density at radius 2 is 1.75 bits per heavy atom. The normalized spacial score (nSPS) is 14.4. The molecular weight excluding hydrogens is 576 g/mol. The summed E-state index contributed by atoms with van der Waals surface area (Å²) >= 11 is 0. The lowest BCUT2D eigenvalue weighted by Gasteiger charge is -2.33. The number of carbonyl (C=O) groups excluding carboxylic acids is 2. The maximum atomic E-state index is 14.1. The molecule has 0 saturated carbocycles. The molecule has 0 heterocycles. The van der Waals surface area contributed by atoms with Crippen molar-refractivity contribution in [3.8, 4) is 6.19 Å². The van der Waals surface area contributed by atoms with E-state index >= 15 is 0 Å². The van der Waals surface area contributed by atoms with Crippen molar-refractivity contribution in [1.82, 2.24) is 15.5 Å². The molecule has 3 aromatic rings. The van der Waals surface area contributed by atoms with Crippen molar-refractivity contribution in [3.05, 3.63) is 113 Å². The largest absolute Gasteiger partial charge is 0.416 e. The van der Waals surface area contributed by atoms with E-state index in [1.807, 2.05) is 13.1 Å². The highest BCUT2D eigenvalue weighted by atomic mass is 19.4. The van der Waals surface area contributed by atoms with Gasteiger partial charge in [0.2, 0.25) is 0 Å². The quantitative estimate of drug-likeness (QED) is 0.0680. The first-order valence-electron chi connectivity index (χ1n) is 13.6. The number of amides is 1. The van der Waals surface area contributed by atoms with Crippen LogP contribution in [0.5, 0.6) is 0 Å². The van der Waals surface area contributed by atoms with Gasteiger partial charge in [-0.3, -0.25) is 4.79 Å². The highest BCUT2D eigenvalue weighted by Gasteiger charge is 2.36. The molecule has 3 unspecified atom stereocenters. The molecule has 0 bridgehead atoms. The number of benzene rings is 3. The standard InChI is InChI=1S/C32H32F4N6O2/c1-4-42(3)30(40-25-11-6-5-7-12-25)28(29(38)20(2)39-19-37)27(21-13-15-24(33)16-14-21)26(18-43)41-31(44)22-9-8-10-23(17-22)32(34,35)36/h5-18,20,26-27,39H,4,38H2,1-3H3,(H,41,44)/b29-28-,40-30?. The van der Waals surface area contributed by atoms with E-state index in [9.17, 15) is 32.4 Å². The van der Waals surface area contributed by atoms with E-state index in [1.54, 1.807) is 49.2 Å². The van der Waals surface area contributed by atoms with Crippen LogP contribution in [0.1, 0.15) is 41.3 Å². The second-order valence-electron chi connectivity index (χ2n) is 9.88. The average molecular weight is 609 g/mol. The zero-order valence-electron chi connectivity index (χ0n) is 24.3. The fourth-order valence-corrected chi connectivity index (χ4v) is 4.47. The van der Waals surface area contributed by atoms with Crippen LogP contribution in [-0.2, 0) is 11.0 Å². The van der Waals surface area contributed by atoms with Gasteiger partial charge in [-0.1, -0.05) is 36.4 Å². The summed E-state index contributed by atoms with van der Waals surface area (Å²) < 4.78 is 54.2. The molecule has 0 radical (unpaired) electrons. The Labute approximate surface area is 252 Å². The number of halogens is 4. The Bertz CT molecular complexity index is 1550. The van der Waals surface area contributed by atoms with E-state index in [0.717, 1.165) is 12.1 Å². The molecule has 4 N–H and O–H groups in total. The van der Waals surface area contributed by atoms with Gasteiger partial charge in [0.05, 0.1) is 23.3 Å². The zero-order valence-corrected chi connectivity index (χ0v) is 24.3. The third kappa shape index (κ3) is 8.22. The lowest BCUT2D eigenvalue weighted by molar-refractivity contribution is -0.137. The van der Waals surface area contributed by atoms with Gasteiger partial charge in [0.25, 0.3) is 5.91 Å². The molecule has 3 aromatic carbocycles. The molecule has 0 aliphatic carbocycles. The number of likely N-dealkylation sites (N-methyl/N-ethyl adjacent to an activating group) is 1. The number of carbonyl (C=O) groups is 2. The van der Waals surface area contributed by atoms with Gasteiger partial charge in [0.1, 0.15) is 17.9 Å². The first kappa shape index (κ1) is 33.3. The van der Waals surface area contributed by atoms with Crippen molar-refractivity contribution >= 4 is 23.7 Å².